The van der Waals surface area contributed by atoms with Crippen molar-refractivity contribution in [3.63, 3.8) is 0 Å². The van der Waals surface area contributed by atoms with E-state index in [1.54, 1.807) is 19.2 Å². The molecule has 26 heavy (non-hydrogen) atoms. The average Bonchev–Trinajstić information content (AvgIpc) is 2.97. The lowest BCUT2D eigenvalue weighted by atomic mass is 10.1. The van der Waals surface area contributed by atoms with Crippen molar-refractivity contribution in [3.8, 4) is 5.75 Å². The minimum atomic E-state index is -3.40. The van der Waals surface area contributed by atoms with Crippen LogP contribution in [0.1, 0.15) is 5.56 Å². The first-order valence-corrected chi connectivity index (χ1v) is 9.88. The Kier molecular flexibility index (Phi) is 4.93. The van der Waals surface area contributed by atoms with E-state index in [4.69, 9.17) is 20.8 Å². The molecule has 1 heterocycles. The largest absolute Gasteiger partial charge is 0.497 e. The van der Waals surface area contributed by atoms with Crippen molar-refractivity contribution >= 4 is 44.0 Å². The molecule has 6 nitrogen and oxygen atoms in total. The highest BCUT2D eigenvalue weighted by atomic mass is 35.5. The van der Waals surface area contributed by atoms with Gasteiger partial charge in [0.1, 0.15) is 11.3 Å². The summed E-state index contributed by atoms with van der Waals surface area (Å²) < 4.78 is 33.9. The highest BCUT2D eigenvalue weighted by molar-refractivity contribution is 7.90. The number of carbonyl (C=O) groups excluding carboxylic acids is 1. The molecule has 0 aliphatic heterocycles. The number of hydrogen-bond acceptors (Lipinski definition) is 5. The van der Waals surface area contributed by atoms with Crippen LogP contribution in [0.15, 0.2) is 52.0 Å². The van der Waals surface area contributed by atoms with Crippen LogP contribution in [0.2, 0.25) is 5.02 Å². The number of rotatable bonds is 5. The van der Waals surface area contributed by atoms with Crippen molar-refractivity contribution < 1.29 is 22.4 Å². The number of furan rings is 1. The topological polar surface area (TPSA) is 85.6 Å². The maximum Gasteiger partial charge on any atom is 0.228 e. The minimum Gasteiger partial charge on any atom is -0.497 e. The quantitative estimate of drug-likeness (QED) is 0.714. The zero-order valence-electron chi connectivity index (χ0n) is 14.1. The summed E-state index contributed by atoms with van der Waals surface area (Å²) >= 11 is 6.06. The number of amides is 1. The Hall–Kier alpha value is -2.51. The van der Waals surface area contributed by atoms with Gasteiger partial charge in [0.25, 0.3) is 0 Å². The molecule has 1 aromatic heterocycles. The molecule has 0 saturated carbocycles. The third-order valence-corrected chi connectivity index (χ3v) is 5.29. The van der Waals surface area contributed by atoms with E-state index < -0.39 is 9.84 Å². The van der Waals surface area contributed by atoms with Gasteiger partial charge in [-0.05, 0) is 30.3 Å². The molecular formula is C18H16ClNO5S. The fourth-order valence-corrected chi connectivity index (χ4v) is 3.34. The van der Waals surface area contributed by atoms with Crippen LogP contribution >= 0.6 is 11.6 Å². The Morgan fingerprint density at radius 3 is 2.69 bits per heavy atom. The van der Waals surface area contributed by atoms with Gasteiger partial charge in [0, 0.05) is 23.3 Å². The van der Waals surface area contributed by atoms with Crippen molar-refractivity contribution in [2.75, 3.05) is 18.7 Å². The van der Waals surface area contributed by atoms with Gasteiger partial charge >= 0.3 is 0 Å². The lowest BCUT2D eigenvalue weighted by Gasteiger charge is -2.08. The summed E-state index contributed by atoms with van der Waals surface area (Å²) in [5.41, 5.74) is 1.56. The van der Waals surface area contributed by atoms with E-state index in [0.717, 1.165) is 11.6 Å². The van der Waals surface area contributed by atoms with Gasteiger partial charge in [-0.1, -0.05) is 11.6 Å². The number of hydrogen-bond donors (Lipinski definition) is 1. The van der Waals surface area contributed by atoms with Gasteiger partial charge in [-0.15, -0.1) is 0 Å². The van der Waals surface area contributed by atoms with Crippen molar-refractivity contribution in [2.45, 2.75) is 11.3 Å². The molecule has 0 aliphatic rings. The van der Waals surface area contributed by atoms with Crippen LogP contribution < -0.4 is 10.1 Å². The molecule has 2 aromatic carbocycles. The predicted molar refractivity (Wildman–Crippen MR) is 99.7 cm³/mol. The monoisotopic (exact) mass is 393 g/mol. The fraction of sp³-hybridized carbons (Fsp3) is 0.167. The van der Waals surface area contributed by atoms with Gasteiger partial charge in [0.15, 0.2) is 9.84 Å². The number of anilines is 1. The maximum atomic E-state index is 12.4. The Morgan fingerprint density at radius 2 is 2.00 bits per heavy atom. The summed E-state index contributed by atoms with van der Waals surface area (Å²) in [6.07, 6.45) is 2.66. The SMILES string of the molecule is COc1ccc2c(CC(=O)Nc3cc(S(C)(=O)=O)ccc3Cl)coc2c1. The number of methoxy groups -OCH3 is 1. The number of ether oxygens (including phenoxy) is 1. The highest BCUT2D eigenvalue weighted by Gasteiger charge is 2.15. The van der Waals surface area contributed by atoms with Crippen LogP contribution in [0.3, 0.4) is 0 Å². The van der Waals surface area contributed by atoms with Gasteiger partial charge in [0.2, 0.25) is 5.91 Å². The van der Waals surface area contributed by atoms with E-state index in [1.807, 2.05) is 6.07 Å². The number of nitrogens with one attached hydrogen (secondary N) is 1. The first-order valence-electron chi connectivity index (χ1n) is 7.61. The standard InChI is InChI=1S/C18H16ClNO5S/c1-24-12-3-5-14-11(10-25-17(14)8-12)7-18(21)20-16-9-13(26(2,22)23)4-6-15(16)19/h3-6,8-10H,7H2,1-2H3,(H,20,21). The van der Waals surface area contributed by atoms with E-state index >= 15 is 0 Å². The van der Waals surface area contributed by atoms with E-state index in [2.05, 4.69) is 5.32 Å². The number of carbonyl (C=O) groups is 1. The second-order valence-electron chi connectivity index (χ2n) is 5.76. The molecule has 3 aromatic rings. The van der Waals surface area contributed by atoms with Gasteiger partial charge in [0.05, 0.1) is 35.4 Å². The average molecular weight is 394 g/mol. The third-order valence-electron chi connectivity index (χ3n) is 3.85. The molecule has 1 N–H and O–H groups in total. The van der Waals surface area contributed by atoms with Crippen LogP contribution in [0, 0.1) is 0 Å². The van der Waals surface area contributed by atoms with Crippen LogP contribution in [0.5, 0.6) is 5.75 Å². The molecular weight excluding hydrogens is 378 g/mol. The molecule has 0 radical (unpaired) electrons. The minimum absolute atomic E-state index is 0.0543. The second-order valence-corrected chi connectivity index (χ2v) is 8.18. The van der Waals surface area contributed by atoms with Crippen molar-refractivity contribution in [1.29, 1.82) is 0 Å². The highest BCUT2D eigenvalue weighted by Crippen LogP contribution is 2.28. The molecule has 0 spiro atoms. The molecule has 8 heteroatoms. The Balaban J connectivity index is 1.82. The molecule has 0 fully saturated rings. The molecule has 0 saturated heterocycles. The summed E-state index contributed by atoms with van der Waals surface area (Å²) in [5.74, 6) is 0.322. The Morgan fingerprint density at radius 1 is 1.23 bits per heavy atom. The zero-order chi connectivity index (χ0) is 18.9. The molecule has 136 valence electrons. The number of halogens is 1. The molecule has 1 amide bonds. The summed E-state index contributed by atoms with van der Waals surface area (Å²) in [5, 5.41) is 3.71. The zero-order valence-corrected chi connectivity index (χ0v) is 15.6. The Bertz CT molecular complexity index is 1090. The van der Waals surface area contributed by atoms with Gasteiger partial charge in [-0.25, -0.2) is 8.42 Å². The van der Waals surface area contributed by atoms with E-state index in [9.17, 15) is 13.2 Å². The van der Waals surface area contributed by atoms with Gasteiger partial charge < -0.3 is 14.5 Å². The maximum absolute atomic E-state index is 12.4. The lowest BCUT2D eigenvalue weighted by molar-refractivity contribution is -0.115. The molecule has 0 atom stereocenters. The molecule has 0 unspecified atom stereocenters. The second kappa shape index (κ2) is 7.01. The van der Waals surface area contributed by atoms with Crippen molar-refractivity contribution in [2.24, 2.45) is 0 Å². The van der Waals surface area contributed by atoms with Crippen molar-refractivity contribution in [1.82, 2.24) is 0 Å². The molecule has 3 rings (SSSR count). The van der Waals surface area contributed by atoms with Crippen LogP contribution in [-0.4, -0.2) is 27.7 Å². The number of fused-ring (bicyclic) bond motifs is 1. The first-order chi connectivity index (χ1) is 12.3. The van der Waals surface area contributed by atoms with Crippen LogP contribution in [-0.2, 0) is 21.1 Å². The Labute approximate surface area is 155 Å². The normalized spacial score (nSPS) is 11.5. The van der Waals surface area contributed by atoms with Gasteiger partial charge in [-0.3, -0.25) is 4.79 Å². The summed E-state index contributed by atoms with van der Waals surface area (Å²) in [7, 11) is -1.84. The lowest BCUT2D eigenvalue weighted by Crippen LogP contribution is -2.15. The first kappa shape index (κ1) is 18.3. The molecule has 0 bridgehead atoms. The van der Waals surface area contributed by atoms with Crippen molar-refractivity contribution in [3.05, 3.63) is 53.2 Å². The van der Waals surface area contributed by atoms with E-state index in [1.165, 1.54) is 24.5 Å². The predicted octanol–water partition coefficient (Wildman–Crippen LogP) is 3.68. The summed E-state index contributed by atoms with van der Waals surface area (Å²) in [6.45, 7) is 0. The van der Waals surface area contributed by atoms with Crippen LogP contribution in [0.4, 0.5) is 5.69 Å². The van der Waals surface area contributed by atoms with Crippen LogP contribution in [0.25, 0.3) is 11.0 Å². The van der Waals surface area contributed by atoms with E-state index in [0.29, 0.717) is 16.9 Å². The molecule has 0 aliphatic carbocycles. The fourth-order valence-electron chi connectivity index (χ4n) is 2.53. The van der Waals surface area contributed by atoms with Gasteiger partial charge in [-0.2, -0.15) is 0 Å². The number of sulfone groups is 1. The summed E-state index contributed by atoms with van der Waals surface area (Å²) in [4.78, 5) is 12.5. The smallest absolute Gasteiger partial charge is 0.228 e. The van der Waals surface area contributed by atoms with E-state index in [-0.39, 0.29) is 27.9 Å². The summed E-state index contributed by atoms with van der Waals surface area (Å²) in [6, 6.07) is 9.51. The number of benzene rings is 2. The third kappa shape index (κ3) is 3.84.